The first-order chi connectivity index (χ1) is 13.3. The summed E-state index contributed by atoms with van der Waals surface area (Å²) in [5.41, 5.74) is 3.20. The minimum atomic E-state index is -0.418. The van der Waals surface area contributed by atoms with Crippen LogP contribution >= 0.6 is 11.3 Å². The van der Waals surface area contributed by atoms with Crippen molar-refractivity contribution >= 4 is 34.2 Å². The van der Waals surface area contributed by atoms with E-state index in [9.17, 15) is 9.59 Å². The van der Waals surface area contributed by atoms with Crippen LogP contribution in [0, 0.1) is 33.6 Å². The first kappa shape index (κ1) is 20.3. The maximum Gasteiger partial charge on any atom is 0.341 e. The van der Waals surface area contributed by atoms with Gasteiger partial charge >= 0.3 is 5.97 Å². The molecule has 0 spiro atoms. The number of nitrogens with zero attached hydrogens (tertiary/aromatic N) is 3. The molecule has 1 N–H and O–H groups in total. The maximum atomic E-state index is 12.8. The van der Waals surface area contributed by atoms with Crippen molar-refractivity contribution in [2.24, 2.45) is 5.92 Å². The number of piperidine rings is 1. The zero-order chi connectivity index (χ0) is 20.4. The SMILES string of the molecule is COC(=O)c1c(NC(=O)C2CCN(c3nc(C)cc(C)n3)CC2)sc(C)c1C. The van der Waals surface area contributed by atoms with Crippen LogP contribution in [0.4, 0.5) is 10.9 Å². The Kier molecular flexibility index (Phi) is 5.98. The van der Waals surface area contributed by atoms with Gasteiger partial charge in [-0.1, -0.05) is 0 Å². The summed E-state index contributed by atoms with van der Waals surface area (Å²) in [6.45, 7) is 9.19. The molecule has 0 radical (unpaired) electrons. The quantitative estimate of drug-likeness (QED) is 0.789. The third kappa shape index (κ3) is 4.16. The zero-order valence-corrected chi connectivity index (χ0v) is 17.8. The maximum absolute atomic E-state index is 12.8. The Labute approximate surface area is 169 Å². The molecule has 0 atom stereocenters. The Balaban J connectivity index is 1.66. The summed E-state index contributed by atoms with van der Waals surface area (Å²) in [5, 5.41) is 3.53. The summed E-state index contributed by atoms with van der Waals surface area (Å²) in [7, 11) is 1.35. The third-order valence-electron chi connectivity index (χ3n) is 5.13. The monoisotopic (exact) mass is 402 g/mol. The van der Waals surface area contributed by atoms with Crippen LogP contribution < -0.4 is 10.2 Å². The van der Waals surface area contributed by atoms with Crippen LogP contribution in [0.2, 0.25) is 0 Å². The van der Waals surface area contributed by atoms with E-state index >= 15 is 0 Å². The Bertz CT molecular complexity index is 881. The van der Waals surface area contributed by atoms with Crippen molar-refractivity contribution in [2.45, 2.75) is 40.5 Å². The topological polar surface area (TPSA) is 84.4 Å². The molecular formula is C20H26N4O3S. The fourth-order valence-corrected chi connectivity index (χ4v) is 4.52. The molecule has 150 valence electrons. The van der Waals surface area contributed by atoms with E-state index in [1.54, 1.807) is 0 Å². The molecule has 1 aliphatic heterocycles. The fourth-order valence-electron chi connectivity index (χ4n) is 3.47. The van der Waals surface area contributed by atoms with Gasteiger partial charge in [-0.3, -0.25) is 4.79 Å². The molecule has 28 heavy (non-hydrogen) atoms. The summed E-state index contributed by atoms with van der Waals surface area (Å²) >= 11 is 1.41. The normalized spacial score (nSPS) is 14.8. The van der Waals surface area contributed by atoms with Gasteiger partial charge in [0.2, 0.25) is 11.9 Å². The minimum Gasteiger partial charge on any atom is -0.465 e. The lowest BCUT2D eigenvalue weighted by atomic mass is 9.96. The Morgan fingerprint density at radius 3 is 2.32 bits per heavy atom. The lowest BCUT2D eigenvalue weighted by Crippen LogP contribution is -2.39. The summed E-state index contributed by atoms with van der Waals surface area (Å²) in [4.78, 5) is 37.0. The Morgan fingerprint density at radius 2 is 1.75 bits per heavy atom. The molecule has 1 aliphatic rings. The number of aromatic nitrogens is 2. The van der Waals surface area contributed by atoms with Crippen molar-refractivity contribution in [1.29, 1.82) is 0 Å². The average molecular weight is 403 g/mol. The second-order valence-corrected chi connectivity index (χ2v) is 8.40. The van der Waals surface area contributed by atoms with Gasteiger partial charge in [0, 0.05) is 35.3 Å². The number of methoxy groups -OCH3 is 1. The van der Waals surface area contributed by atoms with Gasteiger partial charge in [0.25, 0.3) is 0 Å². The number of carbonyl (C=O) groups is 2. The summed E-state index contributed by atoms with van der Waals surface area (Å²) in [6, 6.07) is 1.95. The zero-order valence-electron chi connectivity index (χ0n) is 17.0. The molecule has 1 amide bonds. The largest absolute Gasteiger partial charge is 0.465 e. The molecule has 0 unspecified atom stereocenters. The molecule has 0 saturated carbocycles. The van der Waals surface area contributed by atoms with Gasteiger partial charge in [0.15, 0.2) is 0 Å². The lowest BCUT2D eigenvalue weighted by molar-refractivity contribution is -0.120. The first-order valence-electron chi connectivity index (χ1n) is 9.36. The minimum absolute atomic E-state index is 0.0487. The number of amides is 1. The van der Waals surface area contributed by atoms with E-state index in [1.807, 2.05) is 33.8 Å². The van der Waals surface area contributed by atoms with E-state index in [1.165, 1.54) is 18.4 Å². The summed E-state index contributed by atoms with van der Waals surface area (Å²) < 4.78 is 4.88. The summed E-state index contributed by atoms with van der Waals surface area (Å²) in [6.07, 6.45) is 1.44. The fraction of sp³-hybridized carbons (Fsp3) is 0.500. The number of carbonyl (C=O) groups excluding carboxylic acids is 2. The number of anilines is 2. The van der Waals surface area contributed by atoms with Crippen LogP contribution in [0.15, 0.2) is 6.07 Å². The number of ether oxygens (including phenoxy) is 1. The number of thiophene rings is 1. The molecule has 1 saturated heterocycles. The number of hydrogen-bond donors (Lipinski definition) is 1. The molecule has 0 aliphatic carbocycles. The predicted octanol–water partition coefficient (Wildman–Crippen LogP) is 3.41. The van der Waals surface area contributed by atoms with E-state index in [0.29, 0.717) is 10.6 Å². The molecule has 0 aromatic carbocycles. The number of hydrogen-bond acceptors (Lipinski definition) is 7. The number of aryl methyl sites for hydroxylation is 3. The van der Waals surface area contributed by atoms with Crippen LogP contribution in [0.25, 0.3) is 0 Å². The molecule has 3 rings (SSSR count). The second-order valence-electron chi connectivity index (χ2n) is 7.18. The van der Waals surface area contributed by atoms with Gasteiger partial charge in [-0.2, -0.15) is 0 Å². The van der Waals surface area contributed by atoms with Crippen LogP contribution in [0.5, 0.6) is 0 Å². The molecule has 1 fully saturated rings. The highest BCUT2D eigenvalue weighted by atomic mass is 32.1. The Hall–Kier alpha value is -2.48. The van der Waals surface area contributed by atoms with E-state index in [2.05, 4.69) is 20.2 Å². The lowest BCUT2D eigenvalue weighted by Gasteiger charge is -2.31. The molecule has 2 aromatic heterocycles. The highest BCUT2D eigenvalue weighted by molar-refractivity contribution is 7.16. The number of rotatable bonds is 4. The third-order valence-corrected chi connectivity index (χ3v) is 6.25. The van der Waals surface area contributed by atoms with Crippen LogP contribution in [-0.2, 0) is 9.53 Å². The molecular weight excluding hydrogens is 376 g/mol. The van der Waals surface area contributed by atoms with E-state index in [0.717, 1.165) is 53.7 Å². The average Bonchev–Trinajstić information content (AvgIpc) is 2.94. The van der Waals surface area contributed by atoms with Crippen LogP contribution in [-0.4, -0.2) is 42.0 Å². The van der Waals surface area contributed by atoms with E-state index < -0.39 is 5.97 Å². The highest BCUT2D eigenvalue weighted by Crippen LogP contribution is 2.34. The van der Waals surface area contributed by atoms with Crippen molar-refractivity contribution in [3.05, 3.63) is 33.5 Å². The summed E-state index contributed by atoms with van der Waals surface area (Å²) in [5.74, 6) is 0.163. The molecule has 0 bridgehead atoms. The van der Waals surface area contributed by atoms with Gasteiger partial charge in [0.05, 0.1) is 12.7 Å². The first-order valence-corrected chi connectivity index (χ1v) is 10.2. The van der Waals surface area contributed by atoms with Crippen molar-refractivity contribution in [3.63, 3.8) is 0 Å². The van der Waals surface area contributed by atoms with Gasteiger partial charge in [-0.15, -0.1) is 11.3 Å². The number of nitrogens with one attached hydrogen (secondary N) is 1. The van der Waals surface area contributed by atoms with Gasteiger partial charge in [0.1, 0.15) is 5.00 Å². The molecule has 2 aromatic rings. The highest BCUT2D eigenvalue weighted by Gasteiger charge is 2.28. The smallest absolute Gasteiger partial charge is 0.341 e. The predicted molar refractivity (Wildman–Crippen MR) is 110 cm³/mol. The van der Waals surface area contributed by atoms with Gasteiger partial charge < -0.3 is 15.0 Å². The van der Waals surface area contributed by atoms with Crippen LogP contribution in [0.1, 0.15) is 45.0 Å². The van der Waals surface area contributed by atoms with Crippen molar-refractivity contribution in [2.75, 3.05) is 30.4 Å². The van der Waals surface area contributed by atoms with Crippen molar-refractivity contribution in [3.8, 4) is 0 Å². The molecule has 7 nitrogen and oxygen atoms in total. The Morgan fingerprint density at radius 1 is 1.14 bits per heavy atom. The standard InChI is InChI=1S/C20H26N4O3S/c1-11-10-12(2)22-20(21-11)24-8-6-15(7-9-24)17(25)23-18-16(19(26)27-5)13(3)14(4)28-18/h10,15H,6-9H2,1-5H3,(H,23,25). The second kappa shape index (κ2) is 8.26. The molecule has 3 heterocycles. The van der Waals surface area contributed by atoms with E-state index in [-0.39, 0.29) is 11.8 Å². The van der Waals surface area contributed by atoms with Crippen molar-refractivity contribution < 1.29 is 14.3 Å². The van der Waals surface area contributed by atoms with Crippen molar-refractivity contribution in [1.82, 2.24) is 9.97 Å². The van der Waals surface area contributed by atoms with Crippen LogP contribution in [0.3, 0.4) is 0 Å². The van der Waals surface area contributed by atoms with Gasteiger partial charge in [-0.25, -0.2) is 14.8 Å². The molecule has 8 heteroatoms. The van der Waals surface area contributed by atoms with Gasteiger partial charge in [-0.05, 0) is 52.2 Å². The van der Waals surface area contributed by atoms with E-state index in [4.69, 9.17) is 4.74 Å². The number of esters is 1.